The average Bonchev–Trinajstić information content (AvgIpc) is 3.39. The summed E-state index contributed by atoms with van der Waals surface area (Å²) in [5, 5.41) is 6.37. The zero-order valence-electron chi connectivity index (χ0n) is 19.5. The van der Waals surface area contributed by atoms with Crippen molar-refractivity contribution in [1.29, 1.82) is 0 Å². The summed E-state index contributed by atoms with van der Waals surface area (Å²) < 4.78 is 11.3. The molecule has 3 rings (SSSR count). The highest BCUT2D eigenvalue weighted by Crippen LogP contribution is 2.28. The number of ether oxygens (including phenoxy) is 2. The molecule has 1 heterocycles. The van der Waals surface area contributed by atoms with Crippen LogP contribution in [0, 0.1) is 0 Å². The van der Waals surface area contributed by atoms with Crippen LogP contribution in [0.1, 0.15) is 37.8 Å². The van der Waals surface area contributed by atoms with Gasteiger partial charge in [-0.1, -0.05) is 19.1 Å². The minimum Gasteiger partial charge on any atom is -0.490 e. The van der Waals surface area contributed by atoms with Gasteiger partial charge in [0.1, 0.15) is 0 Å². The molecular weight excluding hydrogens is 436 g/mol. The number of amides is 3. The fraction of sp³-hybridized carbons (Fsp3) is 0.360. The molecule has 0 aromatic heterocycles. The monoisotopic (exact) mass is 466 g/mol. The van der Waals surface area contributed by atoms with Gasteiger partial charge in [-0.05, 0) is 67.6 Å². The molecule has 1 aliphatic heterocycles. The van der Waals surface area contributed by atoms with Crippen molar-refractivity contribution >= 4 is 29.6 Å². The number of carbonyl (C=O) groups excluding carboxylic acids is 3. The molecule has 0 atom stereocenters. The summed E-state index contributed by atoms with van der Waals surface area (Å²) in [6.07, 6.45) is 4.32. The Kier molecular flexibility index (Phi) is 9.02. The van der Waals surface area contributed by atoms with Gasteiger partial charge in [0.25, 0.3) is 5.91 Å². The van der Waals surface area contributed by atoms with E-state index in [0.29, 0.717) is 29.4 Å². The third-order valence-electron chi connectivity index (χ3n) is 5.28. The Morgan fingerprint density at radius 3 is 2.38 bits per heavy atom. The zero-order chi connectivity index (χ0) is 24.3. The molecule has 0 saturated carbocycles. The minimum atomic E-state index is -0.888. The van der Waals surface area contributed by atoms with E-state index in [9.17, 15) is 14.4 Å². The van der Waals surface area contributed by atoms with Crippen LogP contribution in [-0.2, 0) is 20.8 Å². The van der Waals surface area contributed by atoms with Gasteiger partial charge < -0.3 is 19.7 Å². The van der Waals surface area contributed by atoms with E-state index >= 15 is 0 Å². The first-order valence-corrected chi connectivity index (χ1v) is 11.4. The lowest BCUT2D eigenvalue weighted by Gasteiger charge is -2.17. The normalized spacial score (nSPS) is 13.1. The summed E-state index contributed by atoms with van der Waals surface area (Å²) in [7, 11) is 0. The van der Waals surface area contributed by atoms with Gasteiger partial charge >= 0.3 is 11.8 Å². The summed E-state index contributed by atoms with van der Waals surface area (Å²) >= 11 is 0. The third-order valence-corrected chi connectivity index (χ3v) is 5.28. The second-order valence-corrected chi connectivity index (χ2v) is 7.72. The quantitative estimate of drug-likeness (QED) is 0.336. The van der Waals surface area contributed by atoms with E-state index in [-0.39, 0.29) is 12.5 Å². The van der Waals surface area contributed by atoms with Gasteiger partial charge in [0.15, 0.2) is 18.1 Å². The van der Waals surface area contributed by atoms with E-state index in [0.717, 1.165) is 37.9 Å². The summed E-state index contributed by atoms with van der Waals surface area (Å²) in [5.74, 6) is -0.846. The van der Waals surface area contributed by atoms with Crippen molar-refractivity contribution in [3.8, 4) is 11.5 Å². The molecule has 0 unspecified atom stereocenters. The average molecular weight is 467 g/mol. The predicted molar refractivity (Wildman–Crippen MR) is 129 cm³/mol. The number of hydrazone groups is 1. The van der Waals surface area contributed by atoms with Crippen molar-refractivity contribution in [3.05, 3.63) is 53.6 Å². The maximum Gasteiger partial charge on any atom is 0.329 e. The van der Waals surface area contributed by atoms with E-state index in [2.05, 4.69) is 15.8 Å². The zero-order valence-corrected chi connectivity index (χ0v) is 19.5. The first-order chi connectivity index (χ1) is 16.5. The van der Waals surface area contributed by atoms with Crippen LogP contribution in [0.4, 0.5) is 5.69 Å². The molecule has 9 nitrogen and oxygen atoms in total. The molecular formula is C25H30N4O5. The molecule has 0 bridgehead atoms. The molecule has 0 aliphatic carbocycles. The van der Waals surface area contributed by atoms with Crippen molar-refractivity contribution in [3.63, 3.8) is 0 Å². The number of rotatable bonds is 9. The van der Waals surface area contributed by atoms with E-state index in [1.807, 2.05) is 26.0 Å². The molecule has 0 radical (unpaired) electrons. The van der Waals surface area contributed by atoms with Gasteiger partial charge in [-0.3, -0.25) is 14.4 Å². The van der Waals surface area contributed by atoms with Gasteiger partial charge in [0, 0.05) is 18.8 Å². The second-order valence-electron chi connectivity index (χ2n) is 7.72. The molecule has 1 saturated heterocycles. The lowest BCUT2D eigenvalue weighted by molar-refractivity contribution is -0.136. The van der Waals surface area contributed by atoms with Crippen LogP contribution >= 0.6 is 0 Å². The van der Waals surface area contributed by atoms with Crippen LogP contribution in [0.15, 0.2) is 47.6 Å². The Bertz CT molecular complexity index is 1030. The van der Waals surface area contributed by atoms with Gasteiger partial charge in [0.05, 0.1) is 12.8 Å². The molecule has 34 heavy (non-hydrogen) atoms. The molecule has 2 N–H and O–H groups in total. The number of nitrogens with one attached hydrogen (secondary N) is 2. The highest BCUT2D eigenvalue weighted by Gasteiger charge is 2.19. The number of hydrogen-bond acceptors (Lipinski definition) is 6. The Morgan fingerprint density at radius 1 is 0.971 bits per heavy atom. The number of hydrogen-bond donors (Lipinski definition) is 2. The number of aryl methyl sites for hydroxylation is 1. The van der Waals surface area contributed by atoms with Gasteiger partial charge in [-0.25, -0.2) is 5.43 Å². The largest absolute Gasteiger partial charge is 0.490 e. The molecule has 2 aromatic carbocycles. The van der Waals surface area contributed by atoms with E-state index < -0.39 is 11.8 Å². The Balaban J connectivity index is 1.54. The number of carbonyl (C=O) groups is 3. The van der Waals surface area contributed by atoms with Crippen LogP contribution in [0.3, 0.4) is 0 Å². The van der Waals surface area contributed by atoms with Crippen molar-refractivity contribution in [2.24, 2.45) is 5.10 Å². The molecule has 3 amide bonds. The van der Waals surface area contributed by atoms with Crippen molar-refractivity contribution in [2.45, 2.75) is 33.1 Å². The Labute approximate surface area is 199 Å². The minimum absolute atomic E-state index is 0.0483. The van der Waals surface area contributed by atoms with Crippen LogP contribution in [0.2, 0.25) is 0 Å². The maximum absolute atomic E-state index is 12.2. The van der Waals surface area contributed by atoms with Gasteiger partial charge in [0.2, 0.25) is 0 Å². The molecule has 9 heteroatoms. The van der Waals surface area contributed by atoms with Crippen LogP contribution in [0.25, 0.3) is 0 Å². The Morgan fingerprint density at radius 2 is 1.71 bits per heavy atom. The molecule has 1 fully saturated rings. The van der Waals surface area contributed by atoms with Crippen molar-refractivity contribution in [2.75, 3.05) is 31.6 Å². The third kappa shape index (κ3) is 7.06. The summed E-state index contributed by atoms with van der Waals surface area (Å²) in [6, 6.07) is 12.3. The van der Waals surface area contributed by atoms with E-state index in [1.165, 1.54) is 6.21 Å². The summed E-state index contributed by atoms with van der Waals surface area (Å²) in [4.78, 5) is 38.1. The van der Waals surface area contributed by atoms with Crippen LogP contribution in [-0.4, -0.2) is 55.1 Å². The lowest BCUT2D eigenvalue weighted by Crippen LogP contribution is -2.32. The smallest absolute Gasteiger partial charge is 0.329 e. The van der Waals surface area contributed by atoms with E-state index in [1.54, 1.807) is 35.2 Å². The molecule has 180 valence electrons. The summed E-state index contributed by atoms with van der Waals surface area (Å²) in [5.41, 5.74) is 4.49. The highest BCUT2D eigenvalue weighted by molar-refractivity contribution is 6.39. The summed E-state index contributed by atoms with van der Waals surface area (Å²) in [6.45, 7) is 5.77. The lowest BCUT2D eigenvalue weighted by atomic mass is 10.1. The first-order valence-electron chi connectivity index (χ1n) is 11.4. The standard InChI is InChI=1S/C25H30N4O5/c1-3-18-7-10-20(11-8-18)27-24(31)25(32)28-26-16-19-9-12-21(22(15-19)33-4-2)34-17-23(30)29-13-5-6-14-29/h7-12,15-16H,3-6,13-14,17H2,1-2H3,(H,27,31)(H,28,32)/b26-16-. The number of likely N-dealkylation sites (tertiary alicyclic amines) is 1. The second kappa shape index (κ2) is 12.4. The maximum atomic E-state index is 12.2. The van der Waals surface area contributed by atoms with Gasteiger partial charge in [-0.2, -0.15) is 5.10 Å². The molecule has 0 spiro atoms. The van der Waals surface area contributed by atoms with Crippen molar-refractivity contribution < 1.29 is 23.9 Å². The molecule has 2 aromatic rings. The SMILES string of the molecule is CCOc1cc(/C=N\NC(=O)C(=O)Nc2ccc(CC)cc2)ccc1OCC(=O)N1CCCC1. The fourth-order valence-corrected chi connectivity index (χ4v) is 3.42. The fourth-order valence-electron chi connectivity index (χ4n) is 3.42. The van der Waals surface area contributed by atoms with Crippen LogP contribution < -0.4 is 20.2 Å². The number of anilines is 1. The number of nitrogens with zero attached hydrogens (tertiary/aromatic N) is 2. The van der Waals surface area contributed by atoms with Crippen molar-refractivity contribution in [1.82, 2.24) is 10.3 Å². The topological polar surface area (TPSA) is 109 Å². The molecule has 1 aliphatic rings. The number of benzene rings is 2. The Hall–Kier alpha value is -3.88. The first kappa shape index (κ1) is 24.8. The van der Waals surface area contributed by atoms with Gasteiger partial charge in [-0.15, -0.1) is 0 Å². The van der Waals surface area contributed by atoms with Crippen LogP contribution in [0.5, 0.6) is 11.5 Å². The predicted octanol–water partition coefficient (Wildman–Crippen LogP) is 2.74. The van der Waals surface area contributed by atoms with E-state index in [4.69, 9.17) is 9.47 Å². The highest BCUT2D eigenvalue weighted by atomic mass is 16.5.